The average Bonchev–Trinajstić information content (AvgIpc) is 3.28. The van der Waals surface area contributed by atoms with Crippen molar-refractivity contribution in [1.29, 1.82) is 0 Å². The van der Waals surface area contributed by atoms with Crippen LogP contribution in [0.4, 0.5) is 0 Å². The normalized spacial score (nSPS) is 11.2. The average molecular weight is 522 g/mol. The lowest BCUT2D eigenvalue weighted by atomic mass is 10.1. The lowest BCUT2D eigenvalue weighted by Gasteiger charge is -2.18. The van der Waals surface area contributed by atoms with Crippen molar-refractivity contribution in [2.75, 3.05) is 19.6 Å². The molecule has 154 valence electrons. The second-order valence-corrected chi connectivity index (χ2v) is 8.40. The lowest BCUT2D eigenvalue weighted by molar-refractivity contribution is 0.293. The predicted octanol–water partition coefficient (Wildman–Crippen LogP) is 6.23. The Kier molecular flexibility index (Phi) is 7.89. The Morgan fingerprint density at radius 1 is 0.966 bits per heavy atom. The van der Waals surface area contributed by atoms with Gasteiger partial charge in [-0.2, -0.15) is 0 Å². The van der Waals surface area contributed by atoms with E-state index in [1.54, 1.807) is 0 Å². The molecule has 4 rings (SSSR count). The van der Waals surface area contributed by atoms with Crippen molar-refractivity contribution in [2.45, 2.75) is 27.3 Å². The molecule has 0 saturated heterocycles. The van der Waals surface area contributed by atoms with E-state index in [-0.39, 0.29) is 0 Å². The van der Waals surface area contributed by atoms with Crippen LogP contribution in [0.3, 0.4) is 0 Å². The van der Waals surface area contributed by atoms with Crippen LogP contribution >= 0.6 is 32.5 Å². The SMILES string of the molecule is BrOBr.CCN(CC)CCn1c2ccccc2n2cc(-c3ccc(C)cc3)nc12. The number of imidazole rings is 2. The van der Waals surface area contributed by atoms with Crippen LogP contribution in [0.2, 0.25) is 0 Å². The van der Waals surface area contributed by atoms with Crippen molar-refractivity contribution < 1.29 is 2.92 Å². The lowest BCUT2D eigenvalue weighted by Crippen LogP contribution is -2.27. The summed E-state index contributed by atoms with van der Waals surface area (Å²) in [6.07, 6.45) is 2.16. The minimum Gasteiger partial charge on any atom is -0.308 e. The number of nitrogens with zero attached hydrogens (tertiary/aromatic N) is 4. The van der Waals surface area contributed by atoms with Gasteiger partial charge in [0, 0.05) is 24.8 Å². The molecule has 0 aliphatic carbocycles. The molecule has 0 N–H and O–H groups in total. The van der Waals surface area contributed by atoms with Gasteiger partial charge in [0.2, 0.25) is 5.78 Å². The zero-order valence-corrected chi connectivity index (χ0v) is 20.1. The number of likely N-dealkylation sites (N-methyl/N-ethyl adjacent to an activating group) is 1. The van der Waals surface area contributed by atoms with Crippen molar-refractivity contribution in [3.05, 3.63) is 60.3 Å². The topological polar surface area (TPSA) is 34.7 Å². The van der Waals surface area contributed by atoms with Gasteiger partial charge in [0.1, 0.15) is 32.5 Å². The smallest absolute Gasteiger partial charge is 0.215 e. The van der Waals surface area contributed by atoms with Gasteiger partial charge in [0.05, 0.1) is 16.7 Å². The van der Waals surface area contributed by atoms with Gasteiger partial charge >= 0.3 is 0 Å². The van der Waals surface area contributed by atoms with Gasteiger partial charge in [-0.25, -0.2) is 7.90 Å². The molecule has 4 aromatic rings. The van der Waals surface area contributed by atoms with Gasteiger partial charge in [-0.05, 0) is 32.1 Å². The van der Waals surface area contributed by atoms with Gasteiger partial charge in [0.25, 0.3) is 0 Å². The Morgan fingerprint density at radius 2 is 1.59 bits per heavy atom. The number of aromatic nitrogens is 3. The summed E-state index contributed by atoms with van der Waals surface area (Å²) in [6, 6.07) is 17.2. The van der Waals surface area contributed by atoms with E-state index in [0.29, 0.717) is 0 Å². The van der Waals surface area contributed by atoms with Crippen LogP contribution < -0.4 is 0 Å². The predicted molar refractivity (Wildman–Crippen MR) is 128 cm³/mol. The molecule has 7 heteroatoms. The van der Waals surface area contributed by atoms with Crippen molar-refractivity contribution in [1.82, 2.24) is 18.9 Å². The molecule has 0 amide bonds. The molecule has 0 spiro atoms. The third kappa shape index (κ3) is 4.91. The molecule has 0 bridgehead atoms. The summed E-state index contributed by atoms with van der Waals surface area (Å²) in [5.74, 6) is 1.02. The van der Waals surface area contributed by atoms with Crippen LogP contribution in [-0.4, -0.2) is 38.5 Å². The van der Waals surface area contributed by atoms with Gasteiger partial charge in [-0.15, -0.1) is 0 Å². The molecule has 0 aliphatic heterocycles. The second-order valence-electron chi connectivity index (χ2n) is 6.89. The van der Waals surface area contributed by atoms with Gasteiger partial charge < -0.3 is 9.47 Å². The zero-order chi connectivity index (χ0) is 20.8. The van der Waals surface area contributed by atoms with E-state index < -0.39 is 0 Å². The first kappa shape index (κ1) is 22.0. The molecule has 0 aliphatic rings. The molecule has 0 unspecified atom stereocenters. The van der Waals surface area contributed by atoms with Crippen LogP contribution in [0.15, 0.2) is 54.7 Å². The fourth-order valence-electron chi connectivity index (χ4n) is 3.61. The zero-order valence-electron chi connectivity index (χ0n) is 17.0. The summed E-state index contributed by atoms with van der Waals surface area (Å²) in [7, 11) is 0. The third-order valence-corrected chi connectivity index (χ3v) is 5.24. The minimum absolute atomic E-state index is 0.947. The summed E-state index contributed by atoms with van der Waals surface area (Å²) >= 11 is 5.12. The van der Waals surface area contributed by atoms with Gasteiger partial charge in [0.15, 0.2) is 0 Å². The molecule has 0 fully saturated rings. The van der Waals surface area contributed by atoms with E-state index in [1.165, 1.54) is 22.2 Å². The fourth-order valence-corrected chi connectivity index (χ4v) is 3.61. The number of halogens is 2. The number of benzene rings is 2. The number of fused-ring (bicyclic) bond motifs is 3. The summed E-state index contributed by atoms with van der Waals surface area (Å²) in [5, 5.41) is 0. The fraction of sp³-hybridized carbons (Fsp3) is 0.318. The Labute approximate surface area is 189 Å². The molecule has 5 nitrogen and oxygen atoms in total. The van der Waals surface area contributed by atoms with E-state index in [2.05, 4.69) is 125 Å². The Balaban J connectivity index is 0.000000755. The van der Waals surface area contributed by atoms with Gasteiger partial charge in [-0.1, -0.05) is 55.8 Å². The number of para-hydroxylation sites is 2. The van der Waals surface area contributed by atoms with Gasteiger partial charge in [-0.3, -0.25) is 4.40 Å². The monoisotopic (exact) mass is 520 g/mol. The molecule has 2 aromatic heterocycles. The summed E-state index contributed by atoms with van der Waals surface area (Å²) in [4.78, 5) is 7.44. The molecule has 2 aromatic carbocycles. The molecular formula is C22H26Br2N4O. The first-order valence-electron chi connectivity index (χ1n) is 9.77. The largest absolute Gasteiger partial charge is 0.308 e. The first-order chi connectivity index (χ1) is 14.1. The van der Waals surface area contributed by atoms with E-state index in [1.807, 2.05) is 0 Å². The molecule has 2 heterocycles. The van der Waals surface area contributed by atoms with Crippen LogP contribution in [0.5, 0.6) is 0 Å². The maximum atomic E-state index is 4.99. The Morgan fingerprint density at radius 3 is 2.21 bits per heavy atom. The molecule has 0 saturated carbocycles. The molecular weight excluding hydrogens is 496 g/mol. The van der Waals surface area contributed by atoms with Crippen molar-refractivity contribution >= 4 is 49.3 Å². The van der Waals surface area contributed by atoms with E-state index in [4.69, 9.17) is 4.98 Å². The summed E-state index contributed by atoms with van der Waals surface area (Å²) in [5.41, 5.74) is 5.93. The van der Waals surface area contributed by atoms with Crippen LogP contribution in [0.1, 0.15) is 19.4 Å². The van der Waals surface area contributed by atoms with Crippen LogP contribution in [0, 0.1) is 6.92 Å². The van der Waals surface area contributed by atoms with E-state index >= 15 is 0 Å². The number of rotatable bonds is 6. The van der Waals surface area contributed by atoms with Crippen LogP contribution in [-0.2, 0) is 9.46 Å². The summed E-state index contributed by atoms with van der Waals surface area (Å²) < 4.78 is 8.46. The maximum absolute atomic E-state index is 4.99. The highest BCUT2D eigenvalue weighted by Gasteiger charge is 2.15. The highest BCUT2D eigenvalue weighted by molar-refractivity contribution is 9.18. The highest BCUT2D eigenvalue weighted by Crippen LogP contribution is 2.25. The second kappa shape index (κ2) is 10.4. The minimum atomic E-state index is 0.947. The van der Waals surface area contributed by atoms with E-state index in [9.17, 15) is 0 Å². The highest BCUT2D eigenvalue weighted by atomic mass is 79.9. The number of hydrogen-bond acceptors (Lipinski definition) is 3. The van der Waals surface area contributed by atoms with Crippen LogP contribution in [0.25, 0.3) is 28.1 Å². The summed E-state index contributed by atoms with van der Waals surface area (Å²) in [6.45, 7) is 10.7. The molecule has 0 atom stereocenters. The van der Waals surface area contributed by atoms with Crippen molar-refractivity contribution in [2.24, 2.45) is 0 Å². The quantitative estimate of drug-likeness (QED) is 0.301. The third-order valence-electron chi connectivity index (χ3n) is 5.24. The van der Waals surface area contributed by atoms with E-state index in [0.717, 1.165) is 37.7 Å². The maximum Gasteiger partial charge on any atom is 0.215 e. The molecule has 0 radical (unpaired) electrons. The Bertz CT molecular complexity index is 1050. The molecule has 29 heavy (non-hydrogen) atoms. The first-order valence-corrected chi connectivity index (χ1v) is 11.1. The number of aryl methyl sites for hydroxylation is 1. The van der Waals surface area contributed by atoms with Crippen molar-refractivity contribution in [3.63, 3.8) is 0 Å². The standard InChI is InChI=1S/C22H26N4.Br2O/c1-4-24(5-2)14-15-25-20-8-6-7-9-21(20)26-16-19(23-22(25)26)18-12-10-17(3)11-13-18;1-3-2/h6-13,16H,4-5,14-15H2,1-3H3;. The van der Waals surface area contributed by atoms with Crippen molar-refractivity contribution in [3.8, 4) is 11.3 Å². The Hall–Kier alpha value is -1.67. The number of hydrogen-bond donors (Lipinski definition) is 0.